The maximum atomic E-state index is 2.54. The molecule has 0 aliphatic heterocycles. The zero-order valence-electron chi connectivity index (χ0n) is 36.0. The van der Waals surface area contributed by atoms with Crippen molar-refractivity contribution in [3.05, 3.63) is 248 Å². The van der Waals surface area contributed by atoms with Crippen molar-refractivity contribution in [2.75, 3.05) is 0 Å². The normalized spacial score (nSPS) is 12.7. The SMILES string of the molecule is CC1(C)c2ccccc2-c2cc(-c3cccc(-c4cccc5c4c4c(-c6ccccc6)c(-c6ccccc6)c(-c6ccccc6)c(-c6ccccc6)c4n5-c4ccccc4)c3)ccc21. The van der Waals surface area contributed by atoms with Gasteiger partial charge in [0.2, 0.25) is 0 Å². The highest BCUT2D eigenvalue weighted by Gasteiger charge is 2.35. The second kappa shape index (κ2) is 15.1. The Labute approximate surface area is 375 Å². The Morgan fingerprint density at radius 1 is 0.297 bits per heavy atom. The fourth-order valence-electron chi connectivity index (χ4n) is 10.7. The molecule has 1 aliphatic carbocycles. The molecule has 0 spiro atoms. The van der Waals surface area contributed by atoms with Gasteiger partial charge in [-0.25, -0.2) is 0 Å². The van der Waals surface area contributed by atoms with Gasteiger partial charge in [0, 0.05) is 38.6 Å². The van der Waals surface area contributed by atoms with Gasteiger partial charge in [0.25, 0.3) is 0 Å². The van der Waals surface area contributed by atoms with E-state index in [-0.39, 0.29) is 5.41 Å². The second-order valence-corrected chi connectivity index (χ2v) is 17.6. The average molecular weight is 816 g/mol. The van der Waals surface area contributed by atoms with E-state index in [9.17, 15) is 0 Å². The van der Waals surface area contributed by atoms with Crippen molar-refractivity contribution in [1.82, 2.24) is 4.57 Å². The van der Waals surface area contributed by atoms with Crippen molar-refractivity contribution in [2.24, 2.45) is 0 Å². The number of nitrogens with zero attached hydrogens (tertiary/aromatic N) is 1. The molecule has 0 saturated heterocycles. The lowest BCUT2D eigenvalue weighted by Gasteiger charge is -2.24. The van der Waals surface area contributed by atoms with Gasteiger partial charge in [-0.05, 0) is 103 Å². The van der Waals surface area contributed by atoms with Crippen molar-refractivity contribution in [2.45, 2.75) is 19.3 Å². The van der Waals surface area contributed by atoms with Gasteiger partial charge >= 0.3 is 0 Å². The van der Waals surface area contributed by atoms with Crippen LogP contribution in [0, 0.1) is 0 Å². The molecular formula is C63H45N. The van der Waals surface area contributed by atoms with E-state index in [0.29, 0.717) is 0 Å². The van der Waals surface area contributed by atoms with E-state index < -0.39 is 0 Å². The van der Waals surface area contributed by atoms with Crippen LogP contribution in [-0.4, -0.2) is 4.57 Å². The van der Waals surface area contributed by atoms with E-state index >= 15 is 0 Å². The number of hydrogen-bond acceptors (Lipinski definition) is 0. The first-order valence-electron chi connectivity index (χ1n) is 22.4. The Morgan fingerprint density at radius 3 is 1.39 bits per heavy atom. The van der Waals surface area contributed by atoms with E-state index in [1.54, 1.807) is 0 Å². The minimum absolute atomic E-state index is 0.0387. The Balaban J connectivity index is 1.24. The predicted octanol–water partition coefficient (Wildman–Crippen LogP) is 17.1. The first kappa shape index (κ1) is 37.7. The fraction of sp³-hybridized carbons (Fsp3) is 0.0476. The summed E-state index contributed by atoms with van der Waals surface area (Å²) >= 11 is 0. The summed E-state index contributed by atoms with van der Waals surface area (Å²) in [7, 11) is 0. The van der Waals surface area contributed by atoms with Crippen LogP contribution in [0.4, 0.5) is 0 Å². The molecule has 302 valence electrons. The number of para-hydroxylation sites is 1. The lowest BCUT2D eigenvalue weighted by Crippen LogP contribution is -2.14. The van der Waals surface area contributed by atoms with Gasteiger partial charge in [-0.1, -0.05) is 220 Å². The summed E-state index contributed by atoms with van der Waals surface area (Å²) < 4.78 is 2.54. The van der Waals surface area contributed by atoms with E-state index in [1.807, 2.05) is 0 Å². The fourth-order valence-corrected chi connectivity index (χ4v) is 10.7. The summed E-state index contributed by atoms with van der Waals surface area (Å²) in [4.78, 5) is 0. The zero-order chi connectivity index (χ0) is 42.8. The largest absolute Gasteiger partial charge is 0.309 e. The van der Waals surface area contributed by atoms with Gasteiger partial charge in [0.15, 0.2) is 0 Å². The molecule has 0 radical (unpaired) electrons. The summed E-state index contributed by atoms with van der Waals surface area (Å²) in [6.45, 7) is 4.70. The lowest BCUT2D eigenvalue weighted by molar-refractivity contribution is 0.660. The zero-order valence-corrected chi connectivity index (χ0v) is 36.0. The third-order valence-electron chi connectivity index (χ3n) is 13.6. The summed E-state index contributed by atoms with van der Waals surface area (Å²) in [6.07, 6.45) is 0. The van der Waals surface area contributed by atoms with Crippen molar-refractivity contribution in [3.8, 4) is 83.6 Å². The quantitative estimate of drug-likeness (QED) is 0.151. The van der Waals surface area contributed by atoms with Gasteiger partial charge in [-0.15, -0.1) is 0 Å². The first-order valence-corrected chi connectivity index (χ1v) is 22.4. The van der Waals surface area contributed by atoms with E-state index in [4.69, 9.17) is 0 Å². The van der Waals surface area contributed by atoms with Crippen LogP contribution in [0.1, 0.15) is 25.0 Å². The molecule has 1 aliphatic rings. The molecule has 0 unspecified atom stereocenters. The van der Waals surface area contributed by atoms with Crippen LogP contribution in [-0.2, 0) is 5.41 Å². The maximum Gasteiger partial charge on any atom is 0.0632 e. The summed E-state index contributed by atoms with van der Waals surface area (Å²) in [6, 6.07) is 87.2. The molecule has 1 nitrogen and oxygen atoms in total. The molecule has 0 fully saturated rings. The molecule has 0 atom stereocenters. The van der Waals surface area contributed by atoms with Gasteiger partial charge in [-0.3, -0.25) is 0 Å². The van der Waals surface area contributed by atoms with Crippen molar-refractivity contribution < 1.29 is 0 Å². The molecule has 64 heavy (non-hydrogen) atoms. The number of hydrogen-bond donors (Lipinski definition) is 0. The Morgan fingerprint density at radius 2 is 0.750 bits per heavy atom. The van der Waals surface area contributed by atoms with Crippen LogP contribution in [0.25, 0.3) is 105 Å². The summed E-state index contributed by atoms with van der Waals surface area (Å²) in [5, 5.41) is 2.47. The number of benzene rings is 10. The van der Waals surface area contributed by atoms with E-state index in [1.165, 1.54) is 111 Å². The molecule has 0 amide bonds. The Kier molecular flexibility index (Phi) is 8.91. The monoisotopic (exact) mass is 815 g/mol. The van der Waals surface area contributed by atoms with Crippen LogP contribution in [0.15, 0.2) is 237 Å². The third-order valence-corrected chi connectivity index (χ3v) is 13.6. The standard InChI is InChI=1S/C63H45N/c1-63(2)53-36-19-18-34-51(53)52-41-47(38-39-54(52)63)46-30-20-31-48(40-46)50-35-21-37-55-60(50)61-58(44-26-12-5-13-27-44)56(42-22-8-3-9-23-42)57(43-24-10-4-11-25-43)59(45-28-14-6-15-29-45)62(61)64(55)49-32-16-7-17-33-49/h3-41H,1-2H3. The number of rotatable bonds is 7. The van der Waals surface area contributed by atoms with Crippen molar-refractivity contribution >= 4 is 21.8 Å². The molecule has 1 heterocycles. The molecular weight excluding hydrogens is 771 g/mol. The Bertz CT molecular complexity index is 3530. The van der Waals surface area contributed by atoms with Crippen LogP contribution >= 0.6 is 0 Å². The van der Waals surface area contributed by atoms with Crippen LogP contribution in [0.3, 0.4) is 0 Å². The first-order chi connectivity index (χ1) is 31.6. The third kappa shape index (κ3) is 5.93. The molecule has 1 heteroatoms. The highest BCUT2D eigenvalue weighted by molar-refractivity contribution is 6.29. The highest BCUT2D eigenvalue weighted by atomic mass is 15.0. The molecule has 0 saturated carbocycles. The van der Waals surface area contributed by atoms with Gasteiger partial charge in [0.1, 0.15) is 0 Å². The van der Waals surface area contributed by atoms with Gasteiger partial charge in [0.05, 0.1) is 11.0 Å². The highest BCUT2D eigenvalue weighted by Crippen LogP contribution is 2.55. The van der Waals surface area contributed by atoms with Gasteiger partial charge < -0.3 is 4.57 Å². The van der Waals surface area contributed by atoms with Crippen molar-refractivity contribution in [1.29, 1.82) is 0 Å². The van der Waals surface area contributed by atoms with E-state index in [2.05, 4.69) is 255 Å². The Hall–Kier alpha value is -8.00. The maximum absolute atomic E-state index is 2.54. The van der Waals surface area contributed by atoms with Crippen molar-refractivity contribution in [3.63, 3.8) is 0 Å². The smallest absolute Gasteiger partial charge is 0.0632 e. The lowest BCUT2D eigenvalue weighted by atomic mass is 9.79. The predicted molar refractivity (Wildman–Crippen MR) is 271 cm³/mol. The summed E-state index contributed by atoms with van der Waals surface area (Å²) in [5.41, 5.74) is 23.3. The summed E-state index contributed by atoms with van der Waals surface area (Å²) in [5.74, 6) is 0. The minimum atomic E-state index is -0.0387. The minimum Gasteiger partial charge on any atom is -0.309 e. The topological polar surface area (TPSA) is 4.93 Å². The molecule has 12 rings (SSSR count). The number of fused-ring (bicyclic) bond motifs is 6. The molecule has 0 bridgehead atoms. The molecule has 10 aromatic carbocycles. The number of aromatic nitrogens is 1. The molecule has 0 N–H and O–H groups in total. The van der Waals surface area contributed by atoms with Crippen LogP contribution in [0.5, 0.6) is 0 Å². The second-order valence-electron chi connectivity index (χ2n) is 17.6. The van der Waals surface area contributed by atoms with Crippen LogP contribution in [0.2, 0.25) is 0 Å². The van der Waals surface area contributed by atoms with Crippen LogP contribution < -0.4 is 0 Å². The van der Waals surface area contributed by atoms with Gasteiger partial charge in [-0.2, -0.15) is 0 Å². The molecule has 1 aromatic heterocycles. The molecule has 11 aromatic rings. The van der Waals surface area contributed by atoms with E-state index in [0.717, 1.165) is 5.69 Å². The average Bonchev–Trinajstić information content (AvgIpc) is 3.83.